The summed E-state index contributed by atoms with van der Waals surface area (Å²) in [6.45, 7) is 0. The van der Waals surface area contributed by atoms with Crippen molar-refractivity contribution in [2.24, 2.45) is 0 Å². The van der Waals surface area contributed by atoms with E-state index in [1.165, 1.54) is 12.1 Å². The van der Waals surface area contributed by atoms with Gasteiger partial charge in [-0.05, 0) is 12.1 Å². The second-order valence-corrected chi connectivity index (χ2v) is 3.23. The minimum atomic E-state index is -0.422. The lowest BCUT2D eigenvalue weighted by molar-refractivity contribution is -0.384. The van der Waals surface area contributed by atoms with E-state index in [0.717, 1.165) is 11.1 Å². The first-order valence-corrected chi connectivity index (χ1v) is 4.74. The van der Waals surface area contributed by atoms with Crippen LogP contribution in [0.1, 0.15) is 11.1 Å². The maximum atomic E-state index is 10.4. The zero-order valence-corrected chi connectivity index (χ0v) is 8.38. The van der Waals surface area contributed by atoms with Gasteiger partial charge in [-0.25, -0.2) is 0 Å². The first kappa shape index (κ1) is 10.1. The molecule has 3 nitrogen and oxygen atoms in total. The number of hydrogen-bond donors (Lipinski definition) is 0. The minimum absolute atomic E-state index is 0.0823. The summed E-state index contributed by atoms with van der Waals surface area (Å²) in [7, 11) is 0. The number of non-ortho nitro benzene ring substituents is 1. The molecule has 0 radical (unpaired) electrons. The Hall–Kier alpha value is -2.47. The van der Waals surface area contributed by atoms with E-state index >= 15 is 0 Å². The molecule has 2 aromatic rings. The van der Waals surface area contributed by atoms with Gasteiger partial charge in [-0.1, -0.05) is 0 Å². The van der Waals surface area contributed by atoms with E-state index in [1.54, 1.807) is 12.1 Å². The molecular formula is C13H8NO2-. The molecule has 0 aromatic heterocycles. The number of nitro benzene ring substituents is 1. The van der Waals surface area contributed by atoms with Gasteiger partial charge >= 0.3 is 0 Å². The quantitative estimate of drug-likeness (QED) is 0.314. The molecule has 3 heteroatoms. The van der Waals surface area contributed by atoms with Crippen LogP contribution in [0.5, 0.6) is 0 Å². The van der Waals surface area contributed by atoms with Gasteiger partial charge in [0.1, 0.15) is 0 Å². The molecule has 78 valence electrons. The molecule has 0 aliphatic carbocycles. The highest BCUT2D eigenvalue weighted by atomic mass is 16.6. The Morgan fingerprint density at radius 2 is 1.88 bits per heavy atom. The van der Waals surface area contributed by atoms with Crippen molar-refractivity contribution in [3.05, 3.63) is 69.8 Å². The van der Waals surface area contributed by atoms with Crippen molar-refractivity contribution in [3.63, 3.8) is 0 Å². The van der Waals surface area contributed by atoms with Crippen LogP contribution in [0.25, 0.3) is 0 Å². The number of rotatable bonds is 1. The van der Waals surface area contributed by atoms with E-state index in [4.69, 9.17) is 0 Å². The SMILES string of the molecule is O=[N+]([O-])c1ccc(C#Cc2ccc[cH-]2)cc1. The summed E-state index contributed by atoms with van der Waals surface area (Å²) < 4.78 is 0. The maximum absolute atomic E-state index is 10.4. The second-order valence-electron chi connectivity index (χ2n) is 3.23. The van der Waals surface area contributed by atoms with Crippen LogP contribution in [-0.4, -0.2) is 4.92 Å². The molecule has 0 unspecified atom stereocenters. The predicted octanol–water partition coefficient (Wildman–Crippen LogP) is 2.71. The molecule has 0 heterocycles. The molecule has 0 amide bonds. The van der Waals surface area contributed by atoms with Crippen molar-refractivity contribution in [3.8, 4) is 11.8 Å². The first-order valence-electron chi connectivity index (χ1n) is 4.74. The lowest BCUT2D eigenvalue weighted by Gasteiger charge is -1.92. The molecule has 0 saturated carbocycles. The number of hydrogen-bond acceptors (Lipinski definition) is 2. The summed E-state index contributed by atoms with van der Waals surface area (Å²) in [5, 5.41) is 10.4. The third-order valence-corrected chi connectivity index (χ3v) is 2.09. The van der Waals surface area contributed by atoms with Crippen LogP contribution >= 0.6 is 0 Å². The Kier molecular flexibility index (Phi) is 2.75. The van der Waals surface area contributed by atoms with Crippen molar-refractivity contribution in [2.45, 2.75) is 0 Å². The highest BCUT2D eigenvalue weighted by Crippen LogP contribution is 2.11. The Balaban J connectivity index is 2.20. The molecule has 2 rings (SSSR count). The maximum Gasteiger partial charge on any atom is 0.269 e. The fraction of sp³-hybridized carbons (Fsp3) is 0. The van der Waals surface area contributed by atoms with Gasteiger partial charge in [0.2, 0.25) is 0 Å². The average molecular weight is 210 g/mol. The van der Waals surface area contributed by atoms with Gasteiger partial charge in [0, 0.05) is 17.7 Å². The zero-order valence-electron chi connectivity index (χ0n) is 8.38. The van der Waals surface area contributed by atoms with E-state index in [9.17, 15) is 10.1 Å². The van der Waals surface area contributed by atoms with Gasteiger partial charge < -0.3 is 0 Å². The lowest BCUT2D eigenvalue weighted by Crippen LogP contribution is -1.86. The number of benzene rings is 1. The largest absolute Gasteiger partial charge is 0.269 e. The summed E-state index contributed by atoms with van der Waals surface area (Å²) in [5.74, 6) is 5.91. The van der Waals surface area contributed by atoms with E-state index in [2.05, 4.69) is 11.8 Å². The van der Waals surface area contributed by atoms with E-state index < -0.39 is 4.92 Å². The summed E-state index contributed by atoms with van der Waals surface area (Å²) in [5.41, 5.74) is 1.80. The summed E-state index contributed by atoms with van der Waals surface area (Å²) in [6, 6.07) is 13.9. The zero-order chi connectivity index (χ0) is 11.4. The van der Waals surface area contributed by atoms with E-state index in [0.29, 0.717) is 0 Å². The van der Waals surface area contributed by atoms with Crippen LogP contribution in [0.2, 0.25) is 0 Å². The van der Waals surface area contributed by atoms with Crippen molar-refractivity contribution in [1.29, 1.82) is 0 Å². The Morgan fingerprint density at radius 3 is 2.44 bits per heavy atom. The smallest absolute Gasteiger partial charge is 0.258 e. The van der Waals surface area contributed by atoms with Crippen LogP contribution in [-0.2, 0) is 0 Å². The van der Waals surface area contributed by atoms with Crippen LogP contribution < -0.4 is 0 Å². The second kappa shape index (κ2) is 4.37. The molecular weight excluding hydrogens is 202 g/mol. The van der Waals surface area contributed by atoms with Gasteiger partial charge in [-0.15, -0.1) is 17.6 Å². The first-order chi connectivity index (χ1) is 7.75. The fourth-order valence-corrected chi connectivity index (χ4v) is 1.27. The van der Waals surface area contributed by atoms with E-state index in [-0.39, 0.29) is 5.69 Å². The van der Waals surface area contributed by atoms with Crippen molar-refractivity contribution >= 4 is 5.69 Å². The highest BCUT2D eigenvalue weighted by molar-refractivity contribution is 5.45. The predicted molar refractivity (Wildman–Crippen MR) is 61.1 cm³/mol. The Morgan fingerprint density at radius 1 is 1.12 bits per heavy atom. The topological polar surface area (TPSA) is 43.1 Å². The summed E-state index contributed by atoms with van der Waals surface area (Å²) >= 11 is 0. The van der Waals surface area contributed by atoms with E-state index in [1.807, 2.05) is 24.3 Å². The molecule has 0 bridgehead atoms. The third kappa shape index (κ3) is 2.31. The molecule has 16 heavy (non-hydrogen) atoms. The van der Waals surface area contributed by atoms with Crippen molar-refractivity contribution in [2.75, 3.05) is 0 Å². The monoisotopic (exact) mass is 210 g/mol. The van der Waals surface area contributed by atoms with Crippen LogP contribution in [0.15, 0.2) is 48.5 Å². The highest BCUT2D eigenvalue weighted by Gasteiger charge is 2.01. The van der Waals surface area contributed by atoms with Gasteiger partial charge in [0.15, 0.2) is 0 Å². The van der Waals surface area contributed by atoms with Gasteiger partial charge in [-0.3, -0.25) is 10.1 Å². The summed E-state index contributed by atoms with van der Waals surface area (Å²) in [6.07, 6.45) is 0. The van der Waals surface area contributed by atoms with Crippen molar-refractivity contribution < 1.29 is 4.92 Å². The van der Waals surface area contributed by atoms with Crippen LogP contribution in [0, 0.1) is 22.0 Å². The number of nitrogens with zero attached hydrogens (tertiary/aromatic N) is 1. The van der Waals surface area contributed by atoms with Crippen LogP contribution in [0.3, 0.4) is 0 Å². The minimum Gasteiger partial charge on any atom is -0.258 e. The van der Waals surface area contributed by atoms with Gasteiger partial charge in [-0.2, -0.15) is 24.1 Å². The normalized spacial score (nSPS) is 9.25. The molecule has 0 atom stereocenters. The molecule has 0 N–H and O–H groups in total. The van der Waals surface area contributed by atoms with Gasteiger partial charge in [0.25, 0.3) is 5.69 Å². The molecule has 0 fully saturated rings. The lowest BCUT2D eigenvalue weighted by atomic mass is 10.2. The molecule has 2 aromatic carbocycles. The molecule has 0 saturated heterocycles. The summed E-state index contributed by atoms with van der Waals surface area (Å²) in [4.78, 5) is 10.0. The fourth-order valence-electron chi connectivity index (χ4n) is 1.27. The Labute approximate surface area is 92.9 Å². The van der Waals surface area contributed by atoms with Crippen LogP contribution in [0.4, 0.5) is 5.69 Å². The average Bonchev–Trinajstić information content (AvgIpc) is 2.80. The Bertz CT molecular complexity index is 542. The molecule has 0 aliphatic heterocycles. The molecule has 0 aliphatic rings. The van der Waals surface area contributed by atoms with Crippen molar-refractivity contribution in [1.82, 2.24) is 0 Å². The molecule has 0 spiro atoms. The third-order valence-electron chi connectivity index (χ3n) is 2.09. The number of nitro groups is 1. The van der Waals surface area contributed by atoms with Gasteiger partial charge in [0.05, 0.1) is 4.92 Å². The standard InChI is InChI=1S/C13H8NO2/c15-14(16)13-9-7-12(8-10-13)6-5-11-3-1-2-4-11/h1-4,7-10H/q-1.